The van der Waals surface area contributed by atoms with Crippen LogP contribution in [0.2, 0.25) is 0 Å². The molecule has 0 saturated heterocycles. The van der Waals surface area contributed by atoms with E-state index in [1.165, 1.54) is 23.5 Å². The van der Waals surface area contributed by atoms with E-state index in [0.29, 0.717) is 29.6 Å². The highest BCUT2D eigenvalue weighted by molar-refractivity contribution is 7.15. The molecular formula is C15H15FN6OS. The topological polar surface area (TPSA) is 84.7 Å². The van der Waals surface area contributed by atoms with E-state index in [2.05, 4.69) is 25.8 Å². The number of rotatable bonds is 6. The van der Waals surface area contributed by atoms with Crippen LogP contribution < -0.4 is 10.6 Å². The maximum atomic E-state index is 13.2. The van der Waals surface area contributed by atoms with Crippen LogP contribution in [0.4, 0.5) is 14.3 Å². The van der Waals surface area contributed by atoms with Crippen molar-refractivity contribution in [3.05, 3.63) is 59.4 Å². The Kier molecular flexibility index (Phi) is 5.12. The number of halogens is 1. The van der Waals surface area contributed by atoms with Crippen molar-refractivity contribution in [3.63, 3.8) is 0 Å². The molecule has 2 N–H and O–H groups in total. The van der Waals surface area contributed by atoms with Gasteiger partial charge in [-0.25, -0.2) is 14.2 Å². The molecule has 124 valence electrons. The molecule has 3 aromatic rings. The highest BCUT2D eigenvalue weighted by atomic mass is 32.1. The van der Waals surface area contributed by atoms with E-state index in [0.717, 1.165) is 5.56 Å². The summed E-state index contributed by atoms with van der Waals surface area (Å²) in [6.45, 7) is 1.10. The molecule has 3 rings (SSSR count). The number of hydrogen-bond donors (Lipinski definition) is 2. The molecule has 0 radical (unpaired) electrons. The van der Waals surface area contributed by atoms with Gasteiger partial charge in [-0.1, -0.05) is 23.5 Å². The molecule has 0 aliphatic heterocycles. The van der Waals surface area contributed by atoms with E-state index in [1.807, 2.05) is 16.8 Å². The third-order valence-electron chi connectivity index (χ3n) is 3.15. The molecular weight excluding hydrogens is 331 g/mol. The summed E-state index contributed by atoms with van der Waals surface area (Å²) in [5.74, 6) is -0.285. The molecule has 2 aromatic heterocycles. The lowest BCUT2D eigenvalue weighted by Gasteiger charge is -2.05. The van der Waals surface area contributed by atoms with Gasteiger partial charge in [0.15, 0.2) is 0 Å². The Morgan fingerprint density at radius 1 is 1.33 bits per heavy atom. The fourth-order valence-electron chi connectivity index (χ4n) is 2.06. The van der Waals surface area contributed by atoms with Gasteiger partial charge in [-0.3, -0.25) is 5.32 Å². The Morgan fingerprint density at radius 2 is 2.25 bits per heavy atom. The summed E-state index contributed by atoms with van der Waals surface area (Å²) in [7, 11) is 0. The minimum Gasteiger partial charge on any atom is -0.336 e. The number of carbonyl (C=O) groups is 1. The Bertz CT molecular complexity index is 804. The third kappa shape index (κ3) is 4.59. The molecule has 2 amide bonds. The Morgan fingerprint density at radius 3 is 3.04 bits per heavy atom. The first-order valence-electron chi connectivity index (χ1n) is 7.26. The molecule has 0 atom stereocenters. The first kappa shape index (κ1) is 16.1. The van der Waals surface area contributed by atoms with Crippen LogP contribution in [-0.4, -0.2) is 32.3 Å². The Labute approximate surface area is 141 Å². The van der Waals surface area contributed by atoms with Gasteiger partial charge in [-0.2, -0.15) is 0 Å². The van der Waals surface area contributed by atoms with Crippen molar-refractivity contribution in [2.24, 2.45) is 0 Å². The smallest absolute Gasteiger partial charge is 0.321 e. The number of benzene rings is 1. The maximum absolute atomic E-state index is 13.2. The van der Waals surface area contributed by atoms with Crippen molar-refractivity contribution in [3.8, 4) is 0 Å². The minimum atomic E-state index is -0.344. The van der Waals surface area contributed by atoms with Crippen molar-refractivity contribution >= 4 is 22.5 Å². The van der Waals surface area contributed by atoms with Gasteiger partial charge in [0.1, 0.15) is 10.8 Å². The van der Waals surface area contributed by atoms with Gasteiger partial charge in [0.05, 0.1) is 6.33 Å². The lowest BCUT2D eigenvalue weighted by Crippen LogP contribution is -2.31. The first-order chi connectivity index (χ1) is 11.7. The zero-order chi connectivity index (χ0) is 16.8. The summed E-state index contributed by atoms with van der Waals surface area (Å²) in [6.07, 6.45) is 5.66. The predicted molar refractivity (Wildman–Crippen MR) is 88.4 cm³/mol. The average molecular weight is 346 g/mol. The van der Waals surface area contributed by atoms with E-state index < -0.39 is 0 Å². The van der Waals surface area contributed by atoms with Crippen LogP contribution in [0.1, 0.15) is 10.6 Å². The third-order valence-corrected chi connectivity index (χ3v) is 3.99. The minimum absolute atomic E-state index is 0.285. The second-order valence-corrected chi connectivity index (χ2v) is 6.05. The molecule has 0 unspecified atom stereocenters. The molecule has 0 bridgehead atoms. The fraction of sp³-hybridized carbons (Fsp3) is 0.200. The lowest BCUT2D eigenvalue weighted by molar-refractivity contribution is 0.251. The molecule has 0 fully saturated rings. The van der Waals surface area contributed by atoms with Crippen molar-refractivity contribution in [1.82, 2.24) is 25.1 Å². The zero-order valence-electron chi connectivity index (χ0n) is 12.6. The maximum Gasteiger partial charge on any atom is 0.321 e. The first-order valence-corrected chi connectivity index (χ1v) is 8.08. The molecule has 2 heterocycles. The van der Waals surface area contributed by atoms with Crippen LogP contribution in [-0.2, 0) is 13.0 Å². The van der Waals surface area contributed by atoms with Crippen molar-refractivity contribution in [2.75, 3.05) is 11.9 Å². The van der Waals surface area contributed by atoms with Gasteiger partial charge in [0, 0.05) is 31.9 Å². The average Bonchev–Trinajstić information content (AvgIpc) is 3.20. The van der Waals surface area contributed by atoms with Crippen LogP contribution >= 0.6 is 11.3 Å². The van der Waals surface area contributed by atoms with E-state index in [9.17, 15) is 9.18 Å². The highest BCUT2D eigenvalue weighted by Gasteiger charge is 2.08. The molecule has 9 heteroatoms. The van der Waals surface area contributed by atoms with E-state index in [-0.39, 0.29) is 11.8 Å². The molecule has 0 spiro atoms. The van der Waals surface area contributed by atoms with Crippen LogP contribution in [0, 0.1) is 5.82 Å². The monoisotopic (exact) mass is 346 g/mol. The molecule has 24 heavy (non-hydrogen) atoms. The quantitative estimate of drug-likeness (QED) is 0.717. The van der Waals surface area contributed by atoms with Crippen molar-refractivity contribution < 1.29 is 9.18 Å². The number of amides is 2. The lowest BCUT2D eigenvalue weighted by atomic mass is 10.1. The number of aromatic nitrogens is 4. The SMILES string of the molecule is O=C(NCCn1ccnc1)Nc1nnc(Cc2cccc(F)c2)s1. The second kappa shape index (κ2) is 7.64. The standard InChI is InChI=1S/C15H15FN6OS/c16-12-3-1-2-11(8-12)9-13-20-21-15(24-13)19-14(23)18-5-7-22-6-4-17-10-22/h1-4,6,8,10H,5,7,9H2,(H2,18,19,21,23). The molecule has 0 aliphatic carbocycles. The predicted octanol–water partition coefficient (Wildman–Crippen LogP) is 2.29. The summed E-state index contributed by atoms with van der Waals surface area (Å²) < 4.78 is 15.0. The van der Waals surface area contributed by atoms with E-state index >= 15 is 0 Å². The van der Waals surface area contributed by atoms with Crippen LogP contribution in [0.3, 0.4) is 0 Å². The van der Waals surface area contributed by atoms with E-state index in [4.69, 9.17) is 0 Å². The normalized spacial score (nSPS) is 10.5. The summed E-state index contributed by atoms with van der Waals surface area (Å²) >= 11 is 1.26. The van der Waals surface area contributed by atoms with Crippen molar-refractivity contribution in [2.45, 2.75) is 13.0 Å². The molecule has 7 nitrogen and oxygen atoms in total. The van der Waals surface area contributed by atoms with Gasteiger partial charge in [-0.15, -0.1) is 10.2 Å². The number of anilines is 1. The van der Waals surface area contributed by atoms with Crippen LogP contribution in [0.15, 0.2) is 43.0 Å². The number of urea groups is 1. The van der Waals surface area contributed by atoms with Gasteiger partial charge < -0.3 is 9.88 Å². The number of nitrogens with zero attached hydrogens (tertiary/aromatic N) is 4. The van der Waals surface area contributed by atoms with Gasteiger partial charge in [0.25, 0.3) is 0 Å². The molecule has 0 saturated carbocycles. The van der Waals surface area contributed by atoms with Gasteiger partial charge in [0.2, 0.25) is 5.13 Å². The van der Waals surface area contributed by atoms with Crippen LogP contribution in [0.25, 0.3) is 0 Å². The molecule has 0 aliphatic rings. The second-order valence-electron chi connectivity index (χ2n) is 4.99. The highest BCUT2D eigenvalue weighted by Crippen LogP contribution is 2.18. The summed E-state index contributed by atoms with van der Waals surface area (Å²) in [5.41, 5.74) is 0.808. The van der Waals surface area contributed by atoms with E-state index in [1.54, 1.807) is 18.6 Å². The number of imidazole rings is 1. The Balaban J connectivity index is 1.47. The fourth-order valence-corrected chi connectivity index (χ4v) is 2.83. The van der Waals surface area contributed by atoms with Crippen molar-refractivity contribution in [1.29, 1.82) is 0 Å². The summed E-state index contributed by atoms with van der Waals surface area (Å²) in [4.78, 5) is 15.7. The zero-order valence-corrected chi connectivity index (χ0v) is 13.5. The summed E-state index contributed by atoms with van der Waals surface area (Å²) in [6, 6.07) is 5.98. The van der Waals surface area contributed by atoms with Gasteiger partial charge >= 0.3 is 6.03 Å². The largest absolute Gasteiger partial charge is 0.336 e. The number of carbonyl (C=O) groups excluding carboxylic acids is 1. The Hall–Kier alpha value is -2.81. The van der Waals surface area contributed by atoms with Crippen LogP contribution in [0.5, 0.6) is 0 Å². The van der Waals surface area contributed by atoms with Gasteiger partial charge in [-0.05, 0) is 17.7 Å². The number of hydrogen-bond acceptors (Lipinski definition) is 5. The number of nitrogens with one attached hydrogen (secondary N) is 2. The molecule has 1 aromatic carbocycles. The summed E-state index contributed by atoms with van der Waals surface area (Å²) in [5, 5.41) is 14.4.